The number of ketones is 1. The van der Waals surface area contributed by atoms with Gasteiger partial charge in [-0.05, 0) is 22.0 Å². The minimum Gasteiger partial charge on any atom is -0.456 e. The zero-order valence-electron chi connectivity index (χ0n) is 14.1. The van der Waals surface area contributed by atoms with Gasteiger partial charge in [0.25, 0.3) is 17.5 Å². The van der Waals surface area contributed by atoms with Crippen molar-refractivity contribution < 1.29 is 28.8 Å². The summed E-state index contributed by atoms with van der Waals surface area (Å²) >= 11 is 2.98. The van der Waals surface area contributed by atoms with Crippen LogP contribution in [0.5, 0.6) is 0 Å². The number of Topliss-reactive ketones (excluding diaryl/α,β-unsaturated/α-hetero) is 1. The van der Waals surface area contributed by atoms with Crippen molar-refractivity contribution in [2.24, 2.45) is 0 Å². The SMILES string of the molecule is O=C(CN1C(=O)c2cc(Br)c([N+](=O)[O-])cc2C1=O)OCC(=O)c1ccccc1. The van der Waals surface area contributed by atoms with Gasteiger partial charge in [0.1, 0.15) is 6.54 Å². The molecule has 1 aliphatic rings. The summed E-state index contributed by atoms with van der Waals surface area (Å²) in [6.07, 6.45) is 0. The number of hydrogen-bond donors (Lipinski definition) is 0. The normalized spacial score (nSPS) is 12.7. The number of benzene rings is 2. The molecule has 3 rings (SSSR count). The number of amides is 2. The number of rotatable bonds is 6. The number of nitro benzene ring substituents is 1. The number of nitro groups is 1. The van der Waals surface area contributed by atoms with Crippen molar-refractivity contribution in [1.82, 2.24) is 4.90 Å². The summed E-state index contributed by atoms with van der Waals surface area (Å²) in [6.45, 7) is -1.25. The highest BCUT2D eigenvalue weighted by Gasteiger charge is 2.39. The van der Waals surface area contributed by atoms with Gasteiger partial charge in [0, 0.05) is 11.6 Å². The van der Waals surface area contributed by atoms with E-state index < -0.39 is 41.6 Å². The second-order valence-electron chi connectivity index (χ2n) is 5.75. The molecule has 10 heteroatoms. The zero-order valence-corrected chi connectivity index (χ0v) is 15.7. The molecule has 0 saturated heterocycles. The van der Waals surface area contributed by atoms with Crippen LogP contribution in [0.15, 0.2) is 46.9 Å². The highest BCUT2D eigenvalue weighted by Crippen LogP contribution is 2.33. The van der Waals surface area contributed by atoms with Crippen molar-refractivity contribution in [2.45, 2.75) is 0 Å². The maximum Gasteiger partial charge on any atom is 0.326 e. The Morgan fingerprint density at radius 3 is 2.29 bits per heavy atom. The van der Waals surface area contributed by atoms with Crippen LogP contribution in [-0.4, -0.2) is 46.5 Å². The molecule has 1 heterocycles. The second kappa shape index (κ2) is 7.69. The van der Waals surface area contributed by atoms with Crippen LogP contribution >= 0.6 is 15.9 Å². The first-order valence-corrected chi connectivity index (χ1v) is 8.67. The molecule has 2 amide bonds. The topological polar surface area (TPSA) is 124 Å². The van der Waals surface area contributed by atoms with Crippen LogP contribution in [0.4, 0.5) is 5.69 Å². The minimum atomic E-state index is -0.952. The third kappa shape index (κ3) is 3.67. The predicted octanol–water partition coefficient (Wildman–Crippen LogP) is 2.38. The van der Waals surface area contributed by atoms with Gasteiger partial charge in [-0.2, -0.15) is 0 Å². The summed E-state index contributed by atoms with van der Waals surface area (Å²) in [5.74, 6) is -3.01. The van der Waals surface area contributed by atoms with Gasteiger partial charge < -0.3 is 4.74 Å². The lowest BCUT2D eigenvalue weighted by Crippen LogP contribution is -2.36. The van der Waals surface area contributed by atoms with E-state index in [1.54, 1.807) is 30.3 Å². The molecule has 142 valence electrons. The summed E-state index contributed by atoms with van der Waals surface area (Å²) in [4.78, 5) is 59.6. The molecular weight excluding hydrogens is 436 g/mol. The quantitative estimate of drug-likeness (QED) is 0.219. The molecule has 0 aromatic heterocycles. The lowest BCUT2D eigenvalue weighted by molar-refractivity contribution is -0.385. The van der Waals surface area contributed by atoms with E-state index in [1.165, 1.54) is 0 Å². The Labute approximate surface area is 166 Å². The summed E-state index contributed by atoms with van der Waals surface area (Å²) in [5.41, 5.74) is -0.255. The van der Waals surface area contributed by atoms with Gasteiger partial charge in [-0.15, -0.1) is 0 Å². The number of carbonyl (C=O) groups is 4. The van der Waals surface area contributed by atoms with Crippen LogP contribution in [-0.2, 0) is 9.53 Å². The van der Waals surface area contributed by atoms with Crippen LogP contribution in [0.2, 0.25) is 0 Å². The van der Waals surface area contributed by atoms with Crippen LogP contribution in [0.3, 0.4) is 0 Å². The molecule has 0 aliphatic carbocycles. The molecule has 0 N–H and O–H groups in total. The van der Waals surface area contributed by atoms with Crippen molar-refractivity contribution in [1.29, 1.82) is 0 Å². The van der Waals surface area contributed by atoms with Crippen molar-refractivity contribution in [2.75, 3.05) is 13.2 Å². The van der Waals surface area contributed by atoms with Gasteiger partial charge in [0.15, 0.2) is 12.4 Å². The fraction of sp³-hybridized carbons (Fsp3) is 0.111. The van der Waals surface area contributed by atoms with Crippen LogP contribution < -0.4 is 0 Å². The van der Waals surface area contributed by atoms with Gasteiger partial charge in [-0.25, -0.2) is 0 Å². The second-order valence-corrected chi connectivity index (χ2v) is 6.61. The lowest BCUT2D eigenvalue weighted by atomic mass is 10.1. The molecule has 28 heavy (non-hydrogen) atoms. The monoisotopic (exact) mass is 446 g/mol. The number of halogens is 1. The van der Waals surface area contributed by atoms with Crippen molar-refractivity contribution in [3.05, 3.63) is 73.7 Å². The first kappa shape index (κ1) is 19.4. The molecular formula is C18H11BrN2O7. The van der Waals surface area contributed by atoms with E-state index in [4.69, 9.17) is 4.74 Å². The number of hydrogen-bond acceptors (Lipinski definition) is 7. The van der Waals surface area contributed by atoms with E-state index in [1.807, 2.05) is 0 Å². The first-order chi connectivity index (χ1) is 13.3. The first-order valence-electron chi connectivity index (χ1n) is 7.87. The van der Waals surface area contributed by atoms with Gasteiger partial charge in [-0.3, -0.25) is 34.2 Å². The predicted molar refractivity (Wildman–Crippen MR) is 97.9 cm³/mol. The average molecular weight is 447 g/mol. The summed E-state index contributed by atoms with van der Waals surface area (Å²) in [7, 11) is 0. The van der Waals surface area contributed by atoms with E-state index in [9.17, 15) is 29.3 Å². The maximum absolute atomic E-state index is 12.4. The van der Waals surface area contributed by atoms with Gasteiger partial charge in [0.2, 0.25) is 0 Å². The Morgan fingerprint density at radius 2 is 1.68 bits per heavy atom. The van der Waals surface area contributed by atoms with E-state index >= 15 is 0 Å². The van der Waals surface area contributed by atoms with Gasteiger partial charge in [-0.1, -0.05) is 30.3 Å². The zero-order chi connectivity index (χ0) is 20.4. The van der Waals surface area contributed by atoms with Crippen LogP contribution in [0, 0.1) is 10.1 Å². The lowest BCUT2D eigenvalue weighted by Gasteiger charge is -2.12. The van der Waals surface area contributed by atoms with E-state index in [2.05, 4.69) is 15.9 Å². The van der Waals surface area contributed by atoms with Crippen molar-refractivity contribution in [3.63, 3.8) is 0 Å². The number of fused-ring (bicyclic) bond motifs is 1. The fourth-order valence-corrected chi connectivity index (χ4v) is 3.10. The number of imide groups is 1. The Balaban J connectivity index is 1.68. The number of carbonyl (C=O) groups excluding carboxylic acids is 4. The Morgan fingerprint density at radius 1 is 1.07 bits per heavy atom. The molecule has 0 atom stereocenters. The molecule has 0 saturated carbocycles. The fourth-order valence-electron chi connectivity index (χ4n) is 2.61. The third-order valence-corrected chi connectivity index (χ3v) is 4.62. The van der Waals surface area contributed by atoms with E-state index in [-0.39, 0.29) is 21.3 Å². The van der Waals surface area contributed by atoms with Crippen LogP contribution in [0.1, 0.15) is 31.1 Å². The Bertz CT molecular complexity index is 1020. The molecule has 2 aromatic carbocycles. The highest BCUT2D eigenvalue weighted by molar-refractivity contribution is 9.10. The summed E-state index contributed by atoms with van der Waals surface area (Å²) in [6, 6.07) is 10.3. The highest BCUT2D eigenvalue weighted by atomic mass is 79.9. The number of nitrogens with zero attached hydrogens (tertiary/aromatic N) is 2. The number of ether oxygens (including phenoxy) is 1. The minimum absolute atomic E-state index is 0.0373. The largest absolute Gasteiger partial charge is 0.456 e. The van der Waals surface area contributed by atoms with Crippen molar-refractivity contribution >= 4 is 45.2 Å². The van der Waals surface area contributed by atoms with Crippen molar-refractivity contribution in [3.8, 4) is 0 Å². The molecule has 9 nitrogen and oxygen atoms in total. The number of esters is 1. The van der Waals surface area contributed by atoms with Gasteiger partial charge >= 0.3 is 5.97 Å². The summed E-state index contributed by atoms with van der Waals surface area (Å²) < 4.78 is 4.89. The van der Waals surface area contributed by atoms with E-state index in [0.29, 0.717) is 10.5 Å². The molecule has 0 fully saturated rings. The molecule has 2 aromatic rings. The average Bonchev–Trinajstić information content (AvgIpc) is 2.90. The molecule has 0 bridgehead atoms. The molecule has 0 spiro atoms. The molecule has 0 unspecified atom stereocenters. The molecule has 1 aliphatic heterocycles. The Hall–Kier alpha value is -3.40. The summed E-state index contributed by atoms with van der Waals surface area (Å²) in [5, 5.41) is 11.0. The molecule has 0 radical (unpaired) electrons. The Kier molecular flexibility index (Phi) is 5.32. The van der Waals surface area contributed by atoms with Gasteiger partial charge in [0.05, 0.1) is 20.5 Å². The van der Waals surface area contributed by atoms with Crippen LogP contribution in [0.25, 0.3) is 0 Å². The maximum atomic E-state index is 12.4. The van der Waals surface area contributed by atoms with E-state index in [0.717, 1.165) is 12.1 Å². The third-order valence-electron chi connectivity index (χ3n) is 3.98. The smallest absolute Gasteiger partial charge is 0.326 e. The standard InChI is InChI=1S/C18H11BrN2O7/c19-13-6-11-12(7-14(13)21(26)27)18(25)20(17(11)24)8-16(23)28-9-15(22)10-4-2-1-3-5-10/h1-7H,8-9H2.